The van der Waals surface area contributed by atoms with Crippen LogP contribution in [0.4, 0.5) is 0 Å². The summed E-state index contributed by atoms with van der Waals surface area (Å²) < 4.78 is 0. The van der Waals surface area contributed by atoms with Gasteiger partial charge in [0.25, 0.3) is 0 Å². The number of piperidine rings is 1. The maximum Gasteiger partial charge on any atom is 0.248 e. The van der Waals surface area contributed by atoms with Gasteiger partial charge in [-0.05, 0) is 26.2 Å². The molecule has 0 saturated carbocycles. The van der Waals surface area contributed by atoms with Crippen molar-refractivity contribution in [3.8, 4) is 0 Å². The van der Waals surface area contributed by atoms with Gasteiger partial charge in [-0.25, -0.2) is 0 Å². The first-order valence-electron chi connectivity index (χ1n) is 4.16. The molecule has 64 valence electrons. The van der Waals surface area contributed by atoms with Crippen LogP contribution in [0.2, 0.25) is 0 Å². The number of aliphatic hydroxyl groups is 1. The maximum absolute atomic E-state index is 11.1. The molecule has 11 heavy (non-hydrogen) atoms. The molecular weight excluding hydrogens is 142 g/mol. The van der Waals surface area contributed by atoms with Crippen LogP contribution in [-0.2, 0) is 4.79 Å². The van der Waals surface area contributed by atoms with Crippen molar-refractivity contribution in [2.45, 2.75) is 32.2 Å². The molecule has 0 bridgehead atoms. The summed E-state index contributed by atoms with van der Waals surface area (Å²) in [6.07, 6.45) is 3.36. The highest BCUT2D eigenvalue weighted by atomic mass is 16.3. The number of rotatable bonds is 1. The van der Waals surface area contributed by atoms with Crippen molar-refractivity contribution < 1.29 is 9.90 Å². The lowest BCUT2D eigenvalue weighted by Crippen LogP contribution is -2.43. The molecule has 1 saturated heterocycles. The fraction of sp³-hybridized carbons (Fsp3) is 0.875. The highest BCUT2D eigenvalue weighted by Crippen LogP contribution is 2.15. The molecule has 0 aromatic heterocycles. The molecule has 0 radical (unpaired) electrons. The van der Waals surface area contributed by atoms with Gasteiger partial charge in [0.15, 0.2) is 0 Å². The second-order valence-electron chi connectivity index (χ2n) is 3.09. The quantitative estimate of drug-likeness (QED) is 0.597. The molecule has 0 spiro atoms. The van der Waals surface area contributed by atoms with E-state index in [1.54, 1.807) is 4.90 Å². The monoisotopic (exact) mass is 157 g/mol. The van der Waals surface area contributed by atoms with Crippen molar-refractivity contribution in [3.05, 3.63) is 0 Å². The van der Waals surface area contributed by atoms with Crippen LogP contribution >= 0.6 is 0 Å². The standard InChI is InChI=1S/C8H15NO2/c1-7-4-2-3-5-9(7)8(11)6-10/h7,10H,2-6H2,1H3. The van der Waals surface area contributed by atoms with E-state index >= 15 is 0 Å². The maximum atomic E-state index is 11.1. The molecule has 1 fully saturated rings. The molecule has 1 N–H and O–H groups in total. The molecule has 1 amide bonds. The summed E-state index contributed by atoms with van der Waals surface area (Å²) in [6, 6.07) is 0.323. The smallest absolute Gasteiger partial charge is 0.248 e. The fourth-order valence-electron chi connectivity index (χ4n) is 1.56. The molecule has 1 aliphatic heterocycles. The Labute approximate surface area is 67.0 Å². The van der Waals surface area contributed by atoms with E-state index < -0.39 is 0 Å². The number of aliphatic hydroxyl groups excluding tert-OH is 1. The van der Waals surface area contributed by atoms with E-state index in [0.717, 1.165) is 19.4 Å². The van der Waals surface area contributed by atoms with Crippen LogP contribution in [0.15, 0.2) is 0 Å². The SMILES string of the molecule is CC1CCCCN1C(=O)CO. The van der Waals surface area contributed by atoms with Gasteiger partial charge < -0.3 is 10.0 Å². The Balaban J connectivity index is 2.47. The Morgan fingerprint density at radius 1 is 1.64 bits per heavy atom. The van der Waals surface area contributed by atoms with Gasteiger partial charge >= 0.3 is 0 Å². The third-order valence-electron chi connectivity index (χ3n) is 2.26. The second-order valence-corrected chi connectivity index (χ2v) is 3.09. The highest BCUT2D eigenvalue weighted by molar-refractivity contribution is 5.77. The summed E-state index contributed by atoms with van der Waals surface area (Å²) in [6.45, 7) is 2.51. The highest BCUT2D eigenvalue weighted by Gasteiger charge is 2.21. The number of hydrogen-bond donors (Lipinski definition) is 1. The van der Waals surface area contributed by atoms with Gasteiger partial charge in [0, 0.05) is 12.6 Å². The van der Waals surface area contributed by atoms with Crippen LogP contribution in [0, 0.1) is 0 Å². The predicted octanol–water partition coefficient (Wildman–Crippen LogP) is 0.380. The molecule has 3 heteroatoms. The summed E-state index contributed by atoms with van der Waals surface area (Å²) in [5.41, 5.74) is 0. The number of nitrogens with zero attached hydrogens (tertiary/aromatic N) is 1. The topological polar surface area (TPSA) is 40.5 Å². The molecule has 0 aromatic carbocycles. The number of hydrogen-bond acceptors (Lipinski definition) is 2. The number of likely N-dealkylation sites (tertiary alicyclic amines) is 1. The minimum Gasteiger partial charge on any atom is -0.387 e. The first-order valence-corrected chi connectivity index (χ1v) is 4.16. The van der Waals surface area contributed by atoms with Gasteiger partial charge in [0.2, 0.25) is 5.91 Å². The lowest BCUT2D eigenvalue weighted by atomic mass is 10.0. The van der Waals surface area contributed by atoms with Crippen molar-refractivity contribution in [1.82, 2.24) is 4.90 Å². The van der Waals surface area contributed by atoms with Crippen LogP contribution < -0.4 is 0 Å². The van der Waals surface area contributed by atoms with Gasteiger partial charge in [-0.2, -0.15) is 0 Å². The van der Waals surface area contributed by atoms with Crippen LogP contribution in [0.1, 0.15) is 26.2 Å². The van der Waals surface area contributed by atoms with E-state index in [1.807, 2.05) is 6.92 Å². The molecule has 1 aliphatic rings. The third kappa shape index (κ3) is 1.93. The van der Waals surface area contributed by atoms with Crippen LogP contribution in [0.3, 0.4) is 0 Å². The van der Waals surface area contributed by atoms with Gasteiger partial charge in [-0.3, -0.25) is 4.79 Å². The number of carbonyl (C=O) groups excluding carboxylic acids is 1. The zero-order chi connectivity index (χ0) is 8.27. The zero-order valence-electron chi connectivity index (χ0n) is 6.92. The van der Waals surface area contributed by atoms with E-state index in [2.05, 4.69) is 0 Å². The normalized spacial score (nSPS) is 25.3. The molecule has 1 rings (SSSR count). The lowest BCUT2D eigenvalue weighted by Gasteiger charge is -2.32. The van der Waals surface area contributed by atoms with E-state index in [0.29, 0.717) is 6.04 Å². The Morgan fingerprint density at radius 2 is 2.36 bits per heavy atom. The summed E-state index contributed by atoms with van der Waals surface area (Å²) >= 11 is 0. The Morgan fingerprint density at radius 3 is 2.91 bits per heavy atom. The molecule has 0 aromatic rings. The minimum absolute atomic E-state index is 0.128. The molecule has 1 unspecified atom stereocenters. The summed E-state index contributed by atoms with van der Waals surface area (Å²) in [5, 5.41) is 8.61. The van der Waals surface area contributed by atoms with Crippen molar-refractivity contribution >= 4 is 5.91 Å². The first-order chi connectivity index (χ1) is 5.25. The van der Waals surface area contributed by atoms with Crippen LogP contribution in [0.25, 0.3) is 0 Å². The molecule has 1 heterocycles. The molecule has 0 aliphatic carbocycles. The molecule has 1 atom stereocenters. The third-order valence-corrected chi connectivity index (χ3v) is 2.26. The van der Waals surface area contributed by atoms with Gasteiger partial charge in [0.05, 0.1) is 0 Å². The van der Waals surface area contributed by atoms with Gasteiger partial charge in [-0.15, -0.1) is 0 Å². The number of amides is 1. The second kappa shape index (κ2) is 3.72. The van der Waals surface area contributed by atoms with Gasteiger partial charge in [0.1, 0.15) is 6.61 Å². The van der Waals surface area contributed by atoms with Crippen molar-refractivity contribution in [3.63, 3.8) is 0 Å². The Bertz CT molecular complexity index is 147. The van der Waals surface area contributed by atoms with E-state index in [4.69, 9.17) is 5.11 Å². The Kier molecular flexibility index (Phi) is 2.88. The fourth-order valence-corrected chi connectivity index (χ4v) is 1.56. The van der Waals surface area contributed by atoms with Gasteiger partial charge in [-0.1, -0.05) is 0 Å². The lowest BCUT2D eigenvalue weighted by molar-refractivity contribution is -0.137. The molecule has 3 nitrogen and oxygen atoms in total. The van der Waals surface area contributed by atoms with Crippen LogP contribution in [0.5, 0.6) is 0 Å². The Hall–Kier alpha value is -0.570. The first kappa shape index (κ1) is 8.53. The number of carbonyl (C=O) groups is 1. The average molecular weight is 157 g/mol. The molecular formula is C8H15NO2. The average Bonchev–Trinajstić information content (AvgIpc) is 2.04. The van der Waals surface area contributed by atoms with Crippen LogP contribution in [-0.4, -0.2) is 35.1 Å². The van der Waals surface area contributed by atoms with E-state index in [1.165, 1.54) is 6.42 Å². The van der Waals surface area contributed by atoms with Crippen molar-refractivity contribution in [1.29, 1.82) is 0 Å². The van der Waals surface area contributed by atoms with Crippen molar-refractivity contribution in [2.75, 3.05) is 13.2 Å². The predicted molar refractivity (Wildman–Crippen MR) is 42.1 cm³/mol. The largest absolute Gasteiger partial charge is 0.387 e. The summed E-state index contributed by atoms with van der Waals surface area (Å²) in [4.78, 5) is 12.8. The summed E-state index contributed by atoms with van der Waals surface area (Å²) in [7, 11) is 0. The zero-order valence-corrected chi connectivity index (χ0v) is 6.92. The van der Waals surface area contributed by atoms with E-state index in [-0.39, 0.29) is 12.5 Å². The van der Waals surface area contributed by atoms with E-state index in [9.17, 15) is 4.79 Å². The summed E-state index contributed by atoms with van der Waals surface area (Å²) in [5.74, 6) is -0.128. The van der Waals surface area contributed by atoms with Crippen molar-refractivity contribution in [2.24, 2.45) is 0 Å². The minimum atomic E-state index is -0.343.